The number of rotatable bonds is 10. The van der Waals surface area contributed by atoms with E-state index in [9.17, 15) is 14.0 Å². The maximum atomic E-state index is 13.5. The normalized spacial score (nSPS) is 10.4. The maximum Gasteiger partial charge on any atom is 0.257 e. The molecule has 4 nitrogen and oxygen atoms in total. The van der Waals surface area contributed by atoms with Crippen LogP contribution in [0.4, 0.5) is 4.39 Å². The molecule has 0 aliphatic carbocycles. The molecule has 0 bridgehead atoms. The standard InChI is InChI=1S/C20H22FNO3S/c1-2-19(23)15-7-9-17(10-8-15)25-13-20(24)22-11-12-26-14-16-5-3-4-6-18(16)21/h3-10H,2,11-14H2,1H3,(H,22,24). The number of Topliss-reactive ketones (excluding diaryl/α,β-unsaturated/α-hetero) is 1. The van der Waals surface area contributed by atoms with Crippen LogP contribution in [0.1, 0.15) is 29.3 Å². The van der Waals surface area contributed by atoms with E-state index in [0.717, 1.165) is 0 Å². The molecule has 26 heavy (non-hydrogen) atoms. The first kappa shape index (κ1) is 20.0. The summed E-state index contributed by atoms with van der Waals surface area (Å²) in [6, 6.07) is 13.4. The Hall–Kier alpha value is -2.34. The van der Waals surface area contributed by atoms with Gasteiger partial charge in [-0.1, -0.05) is 25.1 Å². The lowest BCUT2D eigenvalue weighted by Gasteiger charge is -2.08. The molecule has 0 atom stereocenters. The molecule has 6 heteroatoms. The van der Waals surface area contributed by atoms with Gasteiger partial charge in [-0.15, -0.1) is 0 Å². The van der Waals surface area contributed by atoms with Crippen LogP contribution in [0.25, 0.3) is 0 Å². The zero-order chi connectivity index (χ0) is 18.8. The van der Waals surface area contributed by atoms with Gasteiger partial charge in [-0.05, 0) is 35.9 Å². The first-order valence-corrected chi connectivity index (χ1v) is 9.59. The number of benzene rings is 2. The van der Waals surface area contributed by atoms with Crippen molar-refractivity contribution in [1.29, 1.82) is 0 Å². The van der Waals surface area contributed by atoms with E-state index in [0.29, 0.717) is 41.3 Å². The van der Waals surface area contributed by atoms with Gasteiger partial charge in [0.25, 0.3) is 5.91 Å². The minimum absolute atomic E-state index is 0.0715. The van der Waals surface area contributed by atoms with Gasteiger partial charge in [-0.2, -0.15) is 11.8 Å². The Morgan fingerprint density at radius 1 is 1.12 bits per heavy atom. The Bertz CT molecular complexity index is 734. The zero-order valence-electron chi connectivity index (χ0n) is 14.7. The largest absolute Gasteiger partial charge is 0.484 e. The topological polar surface area (TPSA) is 55.4 Å². The molecular weight excluding hydrogens is 353 g/mol. The molecule has 0 heterocycles. The molecule has 0 saturated carbocycles. The lowest BCUT2D eigenvalue weighted by atomic mass is 10.1. The second-order valence-electron chi connectivity index (χ2n) is 5.58. The van der Waals surface area contributed by atoms with E-state index in [-0.39, 0.29) is 24.1 Å². The molecule has 0 spiro atoms. The van der Waals surface area contributed by atoms with Crippen LogP contribution >= 0.6 is 11.8 Å². The number of carbonyl (C=O) groups excluding carboxylic acids is 2. The quantitative estimate of drug-likeness (QED) is 0.506. The Morgan fingerprint density at radius 3 is 2.54 bits per heavy atom. The zero-order valence-corrected chi connectivity index (χ0v) is 15.5. The van der Waals surface area contributed by atoms with Gasteiger partial charge in [0.2, 0.25) is 0 Å². The smallest absolute Gasteiger partial charge is 0.257 e. The number of ether oxygens (including phenoxy) is 1. The van der Waals surface area contributed by atoms with E-state index in [1.54, 1.807) is 48.2 Å². The molecule has 0 unspecified atom stereocenters. The van der Waals surface area contributed by atoms with Crippen LogP contribution in [-0.4, -0.2) is 30.6 Å². The summed E-state index contributed by atoms with van der Waals surface area (Å²) in [5.74, 6) is 1.45. The van der Waals surface area contributed by atoms with Crippen LogP contribution in [0, 0.1) is 5.82 Å². The third-order valence-electron chi connectivity index (χ3n) is 3.65. The minimum Gasteiger partial charge on any atom is -0.484 e. The highest BCUT2D eigenvalue weighted by molar-refractivity contribution is 7.98. The van der Waals surface area contributed by atoms with Crippen LogP contribution < -0.4 is 10.1 Å². The van der Waals surface area contributed by atoms with Gasteiger partial charge in [0, 0.05) is 30.0 Å². The third kappa shape index (κ3) is 6.52. The number of hydrogen-bond acceptors (Lipinski definition) is 4. The average Bonchev–Trinajstić information content (AvgIpc) is 2.67. The van der Waals surface area contributed by atoms with Crippen molar-refractivity contribution < 1.29 is 18.7 Å². The number of thioether (sulfide) groups is 1. The fourth-order valence-electron chi connectivity index (χ4n) is 2.20. The van der Waals surface area contributed by atoms with E-state index in [4.69, 9.17) is 4.74 Å². The minimum atomic E-state index is -0.217. The Balaban J connectivity index is 1.61. The van der Waals surface area contributed by atoms with Crippen LogP contribution in [0.3, 0.4) is 0 Å². The monoisotopic (exact) mass is 375 g/mol. The Morgan fingerprint density at radius 2 is 1.85 bits per heavy atom. The SMILES string of the molecule is CCC(=O)c1ccc(OCC(=O)NCCSCc2ccccc2F)cc1. The van der Waals surface area contributed by atoms with E-state index < -0.39 is 0 Å². The van der Waals surface area contributed by atoms with E-state index in [2.05, 4.69) is 5.32 Å². The van der Waals surface area contributed by atoms with Crippen molar-refractivity contribution in [3.63, 3.8) is 0 Å². The van der Waals surface area contributed by atoms with Gasteiger partial charge in [0.05, 0.1) is 0 Å². The average molecular weight is 375 g/mol. The molecule has 1 amide bonds. The molecule has 1 N–H and O–H groups in total. The highest BCUT2D eigenvalue weighted by Crippen LogP contribution is 2.15. The summed E-state index contributed by atoms with van der Waals surface area (Å²) < 4.78 is 18.9. The summed E-state index contributed by atoms with van der Waals surface area (Å²) in [6.45, 7) is 2.22. The summed E-state index contributed by atoms with van der Waals surface area (Å²) in [7, 11) is 0. The molecule has 0 aliphatic rings. The molecule has 2 aromatic rings. The van der Waals surface area contributed by atoms with Crippen molar-refractivity contribution in [3.8, 4) is 5.75 Å². The molecule has 0 aromatic heterocycles. The summed E-state index contributed by atoms with van der Waals surface area (Å²) in [5, 5.41) is 2.76. The first-order chi connectivity index (χ1) is 12.6. The number of amides is 1. The molecule has 2 rings (SSSR count). The van der Waals surface area contributed by atoms with Crippen LogP contribution in [-0.2, 0) is 10.5 Å². The van der Waals surface area contributed by atoms with Gasteiger partial charge in [-0.25, -0.2) is 4.39 Å². The lowest BCUT2D eigenvalue weighted by molar-refractivity contribution is -0.122. The number of ketones is 1. The van der Waals surface area contributed by atoms with Crippen LogP contribution in [0.15, 0.2) is 48.5 Å². The molecule has 0 fully saturated rings. The van der Waals surface area contributed by atoms with Gasteiger partial charge >= 0.3 is 0 Å². The van der Waals surface area contributed by atoms with Crippen LogP contribution in [0.2, 0.25) is 0 Å². The fraction of sp³-hybridized carbons (Fsp3) is 0.300. The van der Waals surface area contributed by atoms with Crippen LogP contribution in [0.5, 0.6) is 5.75 Å². The second kappa shape index (κ2) is 10.6. The second-order valence-corrected chi connectivity index (χ2v) is 6.69. The van der Waals surface area contributed by atoms with Crippen molar-refractivity contribution in [1.82, 2.24) is 5.32 Å². The number of nitrogens with one attached hydrogen (secondary N) is 1. The Labute approximate surface area is 157 Å². The van der Waals surface area contributed by atoms with E-state index in [1.165, 1.54) is 6.07 Å². The van der Waals surface area contributed by atoms with E-state index in [1.807, 2.05) is 13.0 Å². The highest BCUT2D eigenvalue weighted by atomic mass is 32.2. The maximum absolute atomic E-state index is 13.5. The van der Waals surface area contributed by atoms with Crippen molar-refractivity contribution in [3.05, 3.63) is 65.5 Å². The van der Waals surface area contributed by atoms with Gasteiger partial charge in [-0.3, -0.25) is 9.59 Å². The van der Waals surface area contributed by atoms with Gasteiger partial charge < -0.3 is 10.1 Å². The van der Waals surface area contributed by atoms with Crippen molar-refractivity contribution in [2.75, 3.05) is 18.9 Å². The third-order valence-corrected chi connectivity index (χ3v) is 4.66. The first-order valence-electron chi connectivity index (χ1n) is 8.44. The van der Waals surface area contributed by atoms with Gasteiger partial charge in [0.15, 0.2) is 12.4 Å². The number of halogens is 1. The fourth-order valence-corrected chi connectivity index (χ4v) is 3.05. The van der Waals surface area contributed by atoms with E-state index >= 15 is 0 Å². The molecule has 0 saturated heterocycles. The number of hydrogen-bond donors (Lipinski definition) is 1. The van der Waals surface area contributed by atoms with Crippen molar-refractivity contribution in [2.24, 2.45) is 0 Å². The van der Waals surface area contributed by atoms with Crippen molar-refractivity contribution in [2.45, 2.75) is 19.1 Å². The van der Waals surface area contributed by atoms with Crippen molar-refractivity contribution >= 4 is 23.5 Å². The molecule has 138 valence electrons. The predicted molar refractivity (Wildman–Crippen MR) is 102 cm³/mol. The summed E-state index contributed by atoms with van der Waals surface area (Å²) in [5.41, 5.74) is 1.30. The molecule has 0 radical (unpaired) electrons. The number of carbonyl (C=O) groups is 2. The highest BCUT2D eigenvalue weighted by Gasteiger charge is 2.05. The Kier molecular flexibility index (Phi) is 8.15. The summed E-state index contributed by atoms with van der Waals surface area (Å²) >= 11 is 1.56. The molecular formula is C20H22FNO3S. The predicted octanol–water partition coefficient (Wildman–Crippen LogP) is 3.85. The lowest BCUT2D eigenvalue weighted by Crippen LogP contribution is -2.30. The summed E-state index contributed by atoms with van der Waals surface area (Å²) in [4.78, 5) is 23.3. The summed E-state index contributed by atoms with van der Waals surface area (Å²) in [6.07, 6.45) is 0.456. The molecule has 0 aliphatic heterocycles. The van der Waals surface area contributed by atoms with Gasteiger partial charge in [0.1, 0.15) is 11.6 Å². The molecule has 2 aromatic carbocycles.